The molecule has 2 aromatic carbocycles. The molecule has 160 valence electrons. The average Bonchev–Trinajstić information content (AvgIpc) is 2.79. The summed E-state index contributed by atoms with van der Waals surface area (Å²) in [4.78, 5) is 16.1. The molecule has 31 heavy (non-hydrogen) atoms. The maximum absolute atomic E-state index is 13.1. The lowest BCUT2D eigenvalue weighted by atomic mass is 10.1. The highest BCUT2D eigenvalue weighted by molar-refractivity contribution is 5.94. The molecule has 0 N–H and O–H groups in total. The van der Waals surface area contributed by atoms with Crippen LogP contribution in [-0.4, -0.2) is 47.2 Å². The number of rotatable bonds is 3. The first kappa shape index (κ1) is 20.8. The topological polar surface area (TPSA) is 49.3 Å². The fourth-order valence-electron chi connectivity index (χ4n) is 3.42. The largest absolute Gasteiger partial charge is 0.416 e. The number of hydrogen-bond acceptors (Lipinski definition) is 4. The Labute approximate surface area is 175 Å². The first-order valence-electron chi connectivity index (χ1n) is 9.62. The van der Waals surface area contributed by atoms with Gasteiger partial charge in [0, 0.05) is 37.3 Å². The van der Waals surface area contributed by atoms with Crippen molar-refractivity contribution in [1.29, 1.82) is 0 Å². The highest BCUT2D eigenvalue weighted by Crippen LogP contribution is 2.30. The van der Waals surface area contributed by atoms with E-state index in [9.17, 15) is 22.4 Å². The van der Waals surface area contributed by atoms with Crippen LogP contribution in [0.15, 0.2) is 60.7 Å². The standard InChI is InChI=1S/C22H18F4N4O/c23-18-6-4-15(5-7-18)19-8-9-20(28-27-19)29-10-12-30(13-11-29)21(31)16-2-1-3-17(14-16)22(24,25)26/h1-9,14H,10-13H2. The van der Waals surface area contributed by atoms with Gasteiger partial charge >= 0.3 is 6.18 Å². The van der Waals surface area contributed by atoms with Gasteiger partial charge in [-0.2, -0.15) is 13.2 Å². The lowest BCUT2D eigenvalue weighted by Crippen LogP contribution is -2.49. The van der Waals surface area contributed by atoms with Crippen molar-refractivity contribution in [2.24, 2.45) is 0 Å². The average molecular weight is 430 g/mol. The van der Waals surface area contributed by atoms with Crippen LogP contribution in [0.3, 0.4) is 0 Å². The minimum Gasteiger partial charge on any atom is -0.352 e. The van der Waals surface area contributed by atoms with E-state index < -0.39 is 17.6 Å². The lowest BCUT2D eigenvalue weighted by Gasteiger charge is -2.35. The van der Waals surface area contributed by atoms with Gasteiger partial charge < -0.3 is 9.80 Å². The Morgan fingerprint density at radius 3 is 2.19 bits per heavy atom. The van der Waals surface area contributed by atoms with Crippen LogP contribution in [-0.2, 0) is 6.18 Å². The zero-order valence-electron chi connectivity index (χ0n) is 16.3. The van der Waals surface area contributed by atoms with Gasteiger partial charge in [-0.05, 0) is 54.6 Å². The summed E-state index contributed by atoms with van der Waals surface area (Å²) < 4.78 is 51.8. The molecule has 0 radical (unpaired) electrons. The van der Waals surface area contributed by atoms with Crippen LogP contribution in [0.4, 0.5) is 23.4 Å². The summed E-state index contributed by atoms with van der Waals surface area (Å²) in [5.74, 6) is -0.119. The highest BCUT2D eigenvalue weighted by Gasteiger charge is 2.31. The molecule has 0 bridgehead atoms. The minimum absolute atomic E-state index is 0.0201. The molecule has 1 aliphatic heterocycles. The van der Waals surface area contributed by atoms with Gasteiger partial charge in [0.1, 0.15) is 5.82 Å². The molecule has 0 unspecified atom stereocenters. The van der Waals surface area contributed by atoms with Crippen LogP contribution in [0.5, 0.6) is 0 Å². The first-order chi connectivity index (χ1) is 14.8. The second kappa shape index (κ2) is 8.33. The van der Waals surface area contributed by atoms with E-state index in [2.05, 4.69) is 10.2 Å². The smallest absolute Gasteiger partial charge is 0.352 e. The zero-order valence-corrected chi connectivity index (χ0v) is 16.3. The highest BCUT2D eigenvalue weighted by atomic mass is 19.4. The number of nitrogens with zero attached hydrogens (tertiary/aromatic N) is 4. The summed E-state index contributed by atoms with van der Waals surface area (Å²) in [5, 5.41) is 8.41. The maximum Gasteiger partial charge on any atom is 0.416 e. The number of carbonyl (C=O) groups is 1. The van der Waals surface area contributed by atoms with Crippen molar-refractivity contribution in [3.05, 3.63) is 77.6 Å². The molecule has 0 aliphatic carbocycles. The predicted molar refractivity (Wildman–Crippen MR) is 107 cm³/mol. The third kappa shape index (κ3) is 4.65. The van der Waals surface area contributed by atoms with Crippen LogP contribution in [0.2, 0.25) is 0 Å². The second-order valence-electron chi connectivity index (χ2n) is 7.14. The number of piperazine rings is 1. The summed E-state index contributed by atoms with van der Waals surface area (Å²) >= 11 is 0. The molecular formula is C22H18F4N4O. The number of aromatic nitrogens is 2. The van der Waals surface area contributed by atoms with E-state index in [1.807, 2.05) is 4.90 Å². The second-order valence-corrected chi connectivity index (χ2v) is 7.14. The van der Waals surface area contributed by atoms with Crippen molar-refractivity contribution < 1.29 is 22.4 Å². The molecule has 2 heterocycles. The molecule has 0 spiro atoms. The van der Waals surface area contributed by atoms with Crippen LogP contribution in [0, 0.1) is 5.82 Å². The quantitative estimate of drug-likeness (QED) is 0.583. The molecule has 1 aromatic heterocycles. The Morgan fingerprint density at radius 1 is 0.871 bits per heavy atom. The normalized spacial score (nSPS) is 14.6. The fraction of sp³-hybridized carbons (Fsp3) is 0.227. The molecule has 1 saturated heterocycles. The molecular weight excluding hydrogens is 412 g/mol. The molecule has 0 atom stereocenters. The molecule has 4 rings (SSSR count). The monoisotopic (exact) mass is 430 g/mol. The van der Waals surface area contributed by atoms with E-state index >= 15 is 0 Å². The Kier molecular flexibility index (Phi) is 5.58. The summed E-state index contributed by atoms with van der Waals surface area (Å²) in [5.41, 5.74) is 0.541. The fourth-order valence-corrected chi connectivity index (χ4v) is 3.42. The van der Waals surface area contributed by atoms with Gasteiger partial charge in [-0.25, -0.2) is 4.39 Å². The number of benzene rings is 2. The Balaban J connectivity index is 1.39. The van der Waals surface area contributed by atoms with Crippen LogP contribution < -0.4 is 4.90 Å². The Morgan fingerprint density at radius 2 is 1.58 bits per heavy atom. The minimum atomic E-state index is -4.49. The van der Waals surface area contributed by atoms with Gasteiger partial charge in [-0.15, -0.1) is 10.2 Å². The van der Waals surface area contributed by atoms with Gasteiger partial charge in [0.15, 0.2) is 5.82 Å². The molecule has 1 fully saturated rings. The predicted octanol–water partition coefficient (Wildman–Crippen LogP) is 4.26. The van der Waals surface area contributed by atoms with Crippen LogP contribution >= 0.6 is 0 Å². The zero-order chi connectivity index (χ0) is 22.0. The number of carbonyl (C=O) groups excluding carboxylic acids is 1. The number of amides is 1. The third-order valence-corrected chi connectivity index (χ3v) is 5.12. The molecule has 0 saturated carbocycles. The number of alkyl halides is 3. The molecule has 5 nitrogen and oxygen atoms in total. The molecule has 9 heteroatoms. The Bertz CT molecular complexity index is 1060. The summed E-state index contributed by atoms with van der Waals surface area (Å²) in [6.07, 6.45) is -4.49. The van der Waals surface area contributed by atoms with Crippen LogP contribution in [0.25, 0.3) is 11.3 Å². The summed E-state index contributed by atoms with van der Waals surface area (Å²) in [6, 6.07) is 14.0. The van der Waals surface area contributed by atoms with Crippen molar-refractivity contribution in [2.45, 2.75) is 6.18 Å². The van der Waals surface area contributed by atoms with Crippen molar-refractivity contribution in [2.75, 3.05) is 31.1 Å². The van der Waals surface area contributed by atoms with E-state index in [-0.39, 0.29) is 11.4 Å². The van der Waals surface area contributed by atoms with Crippen molar-refractivity contribution >= 4 is 11.7 Å². The van der Waals surface area contributed by atoms with Gasteiger partial charge in [0.2, 0.25) is 0 Å². The van der Waals surface area contributed by atoms with Crippen molar-refractivity contribution in [3.63, 3.8) is 0 Å². The van der Waals surface area contributed by atoms with E-state index in [1.165, 1.54) is 29.2 Å². The first-order valence-corrected chi connectivity index (χ1v) is 9.62. The van der Waals surface area contributed by atoms with E-state index in [0.29, 0.717) is 37.7 Å². The third-order valence-electron chi connectivity index (χ3n) is 5.12. The van der Waals surface area contributed by atoms with Gasteiger partial charge in [-0.3, -0.25) is 4.79 Å². The SMILES string of the molecule is O=C(c1cccc(C(F)(F)F)c1)N1CCN(c2ccc(-c3ccc(F)cc3)nn2)CC1. The summed E-state index contributed by atoms with van der Waals surface area (Å²) in [6.45, 7) is 1.68. The van der Waals surface area contributed by atoms with Crippen molar-refractivity contribution in [1.82, 2.24) is 15.1 Å². The van der Waals surface area contributed by atoms with Gasteiger partial charge in [0.05, 0.1) is 11.3 Å². The molecule has 1 amide bonds. The Hall–Kier alpha value is -3.49. The van der Waals surface area contributed by atoms with Gasteiger partial charge in [0.25, 0.3) is 5.91 Å². The van der Waals surface area contributed by atoms with E-state index in [1.54, 1.807) is 24.3 Å². The van der Waals surface area contributed by atoms with Crippen LogP contribution in [0.1, 0.15) is 15.9 Å². The molecule has 1 aliphatic rings. The molecule has 3 aromatic rings. The van der Waals surface area contributed by atoms with E-state index in [4.69, 9.17) is 0 Å². The van der Waals surface area contributed by atoms with Crippen molar-refractivity contribution in [3.8, 4) is 11.3 Å². The number of hydrogen-bond donors (Lipinski definition) is 0. The number of halogens is 4. The summed E-state index contributed by atoms with van der Waals surface area (Å²) in [7, 11) is 0. The lowest BCUT2D eigenvalue weighted by molar-refractivity contribution is -0.137. The van der Waals surface area contributed by atoms with E-state index in [0.717, 1.165) is 17.7 Å². The van der Waals surface area contributed by atoms with Gasteiger partial charge in [-0.1, -0.05) is 6.07 Å². The maximum atomic E-state index is 13.1. The number of anilines is 1.